The van der Waals surface area contributed by atoms with Crippen LogP contribution in [0.1, 0.15) is 56.4 Å². The Morgan fingerprint density at radius 1 is 0.767 bits per heavy atom. The van der Waals surface area contributed by atoms with Gasteiger partial charge in [-0.25, -0.2) is 0 Å². The van der Waals surface area contributed by atoms with Crippen molar-refractivity contribution in [3.05, 3.63) is 35.9 Å². The minimum absolute atomic E-state index is 0.0123. The number of unbranched alkanes of at least 4 members (excludes halogenated alkanes) is 4. The number of aromatic hydroxyl groups is 4. The van der Waals surface area contributed by atoms with Crippen LogP contribution in [0.4, 0.5) is 0 Å². The van der Waals surface area contributed by atoms with Crippen molar-refractivity contribution in [1.29, 1.82) is 0 Å². The van der Waals surface area contributed by atoms with Crippen molar-refractivity contribution >= 4 is 11.9 Å². The summed E-state index contributed by atoms with van der Waals surface area (Å²) in [6.07, 6.45) is 3.53. The topological polar surface area (TPSA) is 156 Å². The standard InChI is InChI=1S/C22H26O8/c23-13-8-9-16(24)15(12-13)21-18(26)11-10-17(25)20(21)14(22(29)30)6-4-2-1-3-5-7-19(27)28/h8-12,14,23-26H,1-7H2,(H,27,28)(H,29,30). The number of phenols is 4. The van der Waals surface area contributed by atoms with Gasteiger partial charge in [0.15, 0.2) is 0 Å². The number of carboxylic acid groups (broad SMARTS) is 2. The minimum atomic E-state index is -1.19. The van der Waals surface area contributed by atoms with Crippen LogP contribution in [0, 0.1) is 0 Å². The Kier molecular flexibility index (Phi) is 7.91. The molecule has 6 N–H and O–H groups in total. The highest BCUT2D eigenvalue weighted by Crippen LogP contribution is 2.46. The predicted octanol–water partition coefficient (Wildman–Crippen LogP) is 4.16. The molecule has 8 heteroatoms. The zero-order chi connectivity index (χ0) is 22.3. The van der Waals surface area contributed by atoms with Crippen molar-refractivity contribution < 1.29 is 40.2 Å². The minimum Gasteiger partial charge on any atom is -0.508 e. The molecule has 0 heterocycles. The molecule has 0 spiro atoms. The first-order chi connectivity index (χ1) is 14.2. The van der Waals surface area contributed by atoms with E-state index in [0.717, 1.165) is 12.8 Å². The lowest BCUT2D eigenvalue weighted by Crippen LogP contribution is -2.13. The monoisotopic (exact) mass is 418 g/mol. The van der Waals surface area contributed by atoms with Crippen molar-refractivity contribution in [2.24, 2.45) is 0 Å². The summed E-state index contributed by atoms with van der Waals surface area (Å²) in [5.41, 5.74) is -0.0649. The largest absolute Gasteiger partial charge is 0.508 e. The summed E-state index contributed by atoms with van der Waals surface area (Å²) >= 11 is 0. The summed E-state index contributed by atoms with van der Waals surface area (Å²) in [6, 6.07) is 6.03. The van der Waals surface area contributed by atoms with Crippen LogP contribution in [-0.4, -0.2) is 42.6 Å². The van der Waals surface area contributed by atoms with Gasteiger partial charge in [-0.2, -0.15) is 0 Å². The van der Waals surface area contributed by atoms with E-state index in [1.54, 1.807) is 0 Å². The third-order valence-electron chi connectivity index (χ3n) is 4.98. The molecule has 162 valence electrons. The van der Waals surface area contributed by atoms with E-state index < -0.39 is 17.9 Å². The number of rotatable bonds is 11. The molecule has 0 fully saturated rings. The predicted molar refractivity (Wildman–Crippen MR) is 109 cm³/mol. The molecule has 8 nitrogen and oxygen atoms in total. The molecule has 0 amide bonds. The van der Waals surface area contributed by atoms with E-state index in [9.17, 15) is 35.1 Å². The highest BCUT2D eigenvalue weighted by atomic mass is 16.4. The molecule has 30 heavy (non-hydrogen) atoms. The first-order valence-electron chi connectivity index (χ1n) is 9.74. The highest BCUT2D eigenvalue weighted by molar-refractivity contribution is 5.87. The summed E-state index contributed by atoms with van der Waals surface area (Å²) in [6.45, 7) is 0. The average molecular weight is 418 g/mol. The third kappa shape index (κ3) is 5.79. The van der Waals surface area contributed by atoms with Crippen molar-refractivity contribution in [3.8, 4) is 34.1 Å². The van der Waals surface area contributed by atoms with Gasteiger partial charge in [-0.1, -0.05) is 25.7 Å². The Morgan fingerprint density at radius 3 is 2.03 bits per heavy atom. The van der Waals surface area contributed by atoms with Crippen molar-refractivity contribution in [2.45, 2.75) is 50.9 Å². The van der Waals surface area contributed by atoms with Gasteiger partial charge in [0.05, 0.1) is 5.92 Å². The number of carboxylic acids is 2. The second-order valence-electron chi connectivity index (χ2n) is 7.18. The van der Waals surface area contributed by atoms with E-state index in [0.29, 0.717) is 19.3 Å². The average Bonchev–Trinajstić information content (AvgIpc) is 2.68. The number of benzene rings is 2. The first kappa shape index (κ1) is 22.9. The maximum absolute atomic E-state index is 12.0. The van der Waals surface area contributed by atoms with Gasteiger partial charge in [0, 0.05) is 23.1 Å². The molecule has 1 atom stereocenters. The Morgan fingerprint density at radius 2 is 1.37 bits per heavy atom. The van der Waals surface area contributed by atoms with E-state index in [-0.39, 0.29) is 52.5 Å². The summed E-state index contributed by atoms with van der Waals surface area (Å²) in [4.78, 5) is 22.5. The van der Waals surface area contributed by atoms with Crippen LogP contribution >= 0.6 is 0 Å². The number of phenolic OH excluding ortho intramolecular Hbond substituents is 4. The van der Waals surface area contributed by atoms with E-state index in [2.05, 4.69) is 0 Å². The van der Waals surface area contributed by atoms with E-state index in [1.807, 2.05) is 0 Å². The molecule has 2 aromatic rings. The fourth-order valence-electron chi connectivity index (χ4n) is 3.50. The van der Waals surface area contributed by atoms with Crippen LogP contribution < -0.4 is 0 Å². The van der Waals surface area contributed by atoms with Crippen LogP contribution in [0.25, 0.3) is 11.1 Å². The summed E-state index contributed by atoms with van der Waals surface area (Å²) in [5.74, 6) is -4.32. The van der Waals surface area contributed by atoms with Crippen LogP contribution in [0.2, 0.25) is 0 Å². The third-order valence-corrected chi connectivity index (χ3v) is 4.98. The zero-order valence-electron chi connectivity index (χ0n) is 16.4. The smallest absolute Gasteiger partial charge is 0.311 e. The Hall–Kier alpha value is -3.42. The molecular weight excluding hydrogens is 392 g/mol. The number of hydrogen-bond acceptors (Lipinski definition) is 6. The van der Waals surface area contributed by atoms with Gasteiger partial charge in [0.1, 0.15) is 23.0 Å². The summed E-state index contributed by atoms with van der Waals surface area (Å²) in [7, 11) is 0. The van der Waals surface area contributed by atoms with E-state index in [4.69, 9.17) is 5.11 Å². The van der Waals surface area contributed by atoms with Gasteiger partial charge in [0.25, 0.3) is 0 Å². The fraction of sp³-hybridized carbons (Fsp3) is 0.364. The van der Waals surface area contributed by atoms with Crippen LogP contribution in [0.5, 0.6) is 23.0 Å². The molecule has 0 aliphatic carbocycles. The molecule has 0 bridgehead atoms. The molecule has 0 aromatic heterocycles. The lowest BCUT2D eigenvalue weighted by atomic mass is 9.85. The molecular formula is C22H26O8. The van der Waals surface area contributed by atoms with Gasteiger partial charge in [0.2, 0.25) is 0 Å². The SMILES string of the molecule is O=C(O)CCCCCCCC(C(=O)O)c1c(O)ccc(O)c1-c1cc(O)ccc1O. The molecule has 0 saturated heterocycles. The number of aliphatic carboxylic acids is 2. The molecule has 2 aromatic carbocycles. The number of hydrogen-bond donors (Lipinski definition) is 6. The fourth-order valence-corrected chi connectivity index (χ4v) is 3.50. The van der Waals surface area contributed by atoms with Gasteiger partial charge in [-0.3, -0.25) is 9.59 Å². The van der Waals surface area contributed by atoms with E-state index >= 15 is 0 Å². The second kappa shape index (κ2) is 10.4. The van der Waals surface area contributed by atoms with Crippen molar-refractivity contribution in [3.63, 3.8) is 0 Å². The van der Waals surface area contributed by atoms with Gasteiger partial charge >= 0.3 is 11.9 Å². The normalized spacial score (nSPS) is 11.9. The van der Waals surface area contributed by atoms with Crippen LogP contribution in [-0.2, 0) is 9.59 Å². The molecule has 2 rings (SSSR count). The highest BCUT2D eigenvalue weighted by Gasteiger charge is 2.29. The lowest BCUT2D eigenvalue weighted by Gasteiger charge is -2.20. The maximum atomic E-state index is 12.0. The second-order valence-corrected chi connectivity index (χ2v) is 7.18. The van der Waals surface area contributed by atoms with Gasteiger partial charge in [-0.05, 0) is 43.2 Å². The molecule has 0 radical (unpaired) electrons. The molecule has 0 aliphatic rings. The van der Waals surface area contributed by atoms with E-state index in [1.165, 1.54) is 30.3 Å². The van der Waals surface area contributed by atoms with Crippen LogP contribution in [0.3, 0.4) is 0 Å². The Bertz CT molecular complexity index is 906. The Labute approximate surface area is 173 Å². The zero-order valence-corrected chi connectivity index (χ0v) is 16.4. The summed E-state index contributed by atoms with van der Waals surface area (Å²) < 4.78 is 0. The quantitative estimate of drug-likeness (QED) is 0.235. The van der Waals surface area contributed by atoms with Crippen molar-refractivity contribution in [2.75, 3.05) is 0 Å². The molecule has 1 unspecified atom stereocenters. The van der Waals surface area contributed by atoms with Gasteiger partial charge in [-0.15, -0.1) is 0 Å². The lowest BCUT2D eigenvalue weighted by molar-refractivity contribution is -0.139. The maximum Gasteiger partial charge on any atom is 0.311 e. The van der Waals surface area contributed by atoms with Crippen LogP contribution in [0.15, 0.2) is 30.3 Å². The summed E-state index contributed by atoms with van der Waals surface area (Å²) in [5, 5.41) is 59.2. The Balaban J connectivity index is 2.26. The molecule has 0 saturated carbocycles. The van der Waals surface area contributed by atoms with Gasteiger partial charge < -0.3 is 30.6 Å². The molecule has 0 aliphatic heterocycles. The van der Waals surface area contributed by atoms with Crippen molar-refractivity contribution in [1.82, 2.24) is 0 Å². The first-order valence-corrected chi connectivity index (χ1v) is 9.74. The number of carbonyl (C=O) groups is 2.